The van der Waals surface area contributed by atoms with Gasteiger partial charge in [-0.15, -0.1) is 0 Å². The Balaban J connectivity index is 1.93. The molecule has 0 aliphatic rings. The first-order valence-corrected chi connectivity index (χ1v) is 6.42. The molecule has 1 unspecified atom stereocenters. The molecule has 0 aliphatic carbocycles. The molecule has 0 saturated heterocycles. The number of aromatic nitrogens is 1. The zero-order valence-electron chi connectivity index (χ0n) is 10.6. The van der Waals surface area contributed by atoms with Crippen LogP contribution in [0.1, 0.15) is 24.7 Å². The molecule has 4 nitrogen and oxygen atoms in total. The average molecular weight is 276 g/mol. The summed E-state index contributed by atoms with van der Waals surface area (Å²) in [6.07, 6.45) is 3.43. The van der Waals surface area contributed by atoms with Crippen molar-refractivity contribution >= 4 is 17.4 Å². The lowest BCUT2D eigenvalue weighted by molar-refractivity contribution is 0.495. The van der Waals surface area contributed by atoms with Gasteiger partial charge in [0.25, 0.3) is 0 Å². The number of rotatable bonds is 5. The average Bonchev–Trinajstić information content (AvgIpc) is 2.88. The number of halogens is 1. The molecule has 98 valence electrons. The van der Waals surface area contributed by atoms with Gasteiger partial charge in [-0.2, -0.15) is 5.26 Å². The lowest BCUT2D eigenvalue weighted by atomic mass is 10.1. The van der Waals surface area contributed by atoms with Gasteiger partial charge in [0, 0.05) is 12.5 Å². The van der Waals surface area contributed by atoms with Crippen molar-refractivity contribution in [3.05, 3.63) is 47.0 Å². The smallest absolute Gasteiger partial charge is 0.132 e. The van der Waals surface area contributed by atoms with E-state index in [0.717, 1.165) is 18.6 Å². The number of nitriles is 1. The molecule has 0 aliphatic heterocycles. The molecule has 19 heavy (non-hydrogen) atoms. The third kappa shape index (κ3) is 4.01. The Bertz CT molecular complexity index is 575. The maximum absolute atomic E-state index is 8.87. The van der Waals surface area contributed by atoms with Gasteiger partial charge in [0.05, 0.1) is 17.9 Å². The van der Waals surface area contributed by atoms with Crippen LogP contribution in [0.25, 0.3) is 0 Å². The van der Waals surface area contributed by atoms with Gasteiger partial charge in [-0.05, 0) is 37.6 Å². The van der Waals surface area contributed by atoms with Crippen molar-refractivity contribution < 1.29 is 4.42 Å². The molecule has 2 aromatic heterocycles. The van der Waals surface area contributed by atoms with Crippen LogP contribution in [0.5, 0.6) is 0 Å². The third-order valence-corrected chi connectivity index (χ3v) is 2.91. The molecule has 1 N–H and O–H groups in total. The van der Waals surface area contributed by atoms with E-state index >= 15 is 0 Å². The second-order valence-electron chi connectivity index (χ2n) is 4.34. The highest BCUT2D eigenvalue weighted by Gasteiger charge is 2.07. The SMILES string of the molecule is CC(CCc1ccco1)Nc1cc(C#N)cc(Cl)n1. The van der Waals surface area contributed by atoms with Crippen LogP contribution >= 0.6 is 11.6 Å². The summed E-state index contributed by atoms with van der Waals surface area (Å²) in [7, 11) is 0. The van der Waals surface area contributed by atoms with Crippen LogP contribution in [0.15, 0.2) is 34.9 Å². The van der Waals surface area contributed by atoms with Crippen LogP contribution in [0.4, 0.5) is 5.82 Å². The van der Waals surface area contributed by atoms with Crippen LogP contribution in [0.2, 0.25) is 5.15 Å². The van der Waals surface area contributed by atoms with Gasteiger partial charge in [0.2, 0.25) is 0 Å². The van der Waals surface area contributed by atoms with E-state index in [0.29, 0.717) is 16.5 Å². The Morgan fingerprint density at radius 3 is 3.05 bits per heavy atom. The molecule has 2 aromatic rings. The standard InChI is InChI=1S/C14H14ClN3O/c1-10(4-5-12-3-2-6-19-12)17-14-8-11(9-16)7-13(15)18-14/h2-3,6-8,10H,4-5H2,1H3,(H,17,18). The molecule has 0 aromatic carbocycles. The van der Waals surface area contributed by atoms with E-state index < -0.39 is 0 Å². The van der Waals surface area contributed by atoms with E-state index in [1.54, 1.807) is 18.4 Å². The summed E-state index contributed by atoms with van der Waals surface area (Å²) < 4.78 is 5.28. The van der Waals surface area contributed by atoms with Gasteiger partial charge in [-0.3, -0.25) is 0 Å². The monoisotopic (exact) mass is 275 g/mol. The number of pyridine rings is 1. The lowest BCUT2D eigenvalue weighted by Crippen LogP contribution is -2.16. The maximum atomic E-state index is 8.87. The maximum Gasteiger partial charge on any atom is 0.132 e. The molecule has 0 radical (unpaired) electrons. The fraction of sp³-hybridized carbons (Fsp3) is 0.286. The topological polar surface area (TPSA) is 61.9 Å². The summed E-state index contributed by atoms with van der Waals surface area (Å²) >= 11 is 5.85. The predicted molar refractivity (Wildman–Crippen MR) is 74.1 cm³/mol. The van der Waals surface area contributed by atoms with Crippen LogP contribution in [0.3, 0.4) is 0 Å². The van der Waals surface area contributed by atoms with E-state index in [1.165, 1.54) is 0 Å². The summed E-state index contributed by atoms with van der Waals surface area (Å²) in [5, 5.41) is 12.4. The zero-order chi connectivity index (χ0) is 13.7. The zero-order valence-corrected chi connectivity index (χ0v) is 11.3. The molecule has 2 rings (SSSR count). The molecular formula is C14H14ClN3O. The molecule has 5 heteroatoms. The van der Waals surface area contributed by atoms with Crippen molar-refractivity contribution in [2.75, 3.05) is 5.32 Å². The molecule has 0 fully saturated rings. The number of hydrogen-bond acceptors (Lipinski definition) is 4. The van der Waals surface area contributed by atoms with Crippen molar-refractivity contribution in [1.29, 1.82) is 5.26 Å². The molecule has 0 bridgehead atoms. The fourth-order valence-corrected chi connectivity index (χ4v) is 1.98. The summed E-state index contributed by atoms with van der Waals surface area (Å²) in [6, 6.07) is 9.34. The van der Waals surface area contributed by atoms with E-state index in [4.69, 9.17) is 21.3 Å². The van der Waals surface area contributed by atoms with Gasteiger partial charge in [0.1, 0.15) is 16.7 Å². The van der Waals surface area contributed by atoms with Gasteiger partial charge in [0.15, 0.2) is 0 Å². The number of nitrogens with zero attached hydrogens (tertiary/aromatic N) is 2. The summed E-state index contributed by atoms with van der Waals surface area (Å²) in [6.45, 7) is 2.05. The highest BCUT2D eigenvalue weighted by molar-refractivity contribution is 6.29. The van der Waals surface area contributed by atoms with Crippen LogP contribution < -0.4 is 5.32 Å². The molecule has 0 saturated carbocycles. The van der Waals surface area contributed by atoms with E-state index in [-0.39, 0.29) is 6.04 Å². The highest BCUT2D eigenvalue weighted by atomic mass is 35.5. The Morgan fingerprint density at radius 2 is 2.37 bits per heavy atom. The van der Waals surface area contributed by atoms with E-state index in [9.17, 15) is 0 Å². The molecule has 0 amide bonds. The summed E-state index contributed by atoms with van der Waals surface area (Å²) in [4.78, 5) is 4.15. The Morgan fingerprint density at radius 1 is 1.53 bits per heavy atom. The summed E-state index contributed by atoms with van der Waals surface area (Å²) in [5.41, 5.74) is 0.501. The normalized spacial score (nSPS) is 11.8. The molecular weight excluding hydrogens is 262 g/mol. The molecule has 0 spiro atoms. The van der Waals surface area contributed by atoms with Gasteiger partial charge < -0.3 is 9.73 Å². The van der Waals surface area contributed by atoms with Crippen molar-refractivity contribution in [2.45, 2.75) is 25.8 Å². The van der Waals surface area contributed by atoms with Crippen molar-refractivity contribution in [3.63, 3.8) is 0 Å². The number of anilines is 1. The quantitative estimate of drug-likeness (QED) is 0.847. The first-order valence-electron chi connectivity index (χ1n) is 6.04. The number of hydrogen-bond donors (Lipinski definition) is 1. The van der Waals surface area contributed by atoms with Crippen molar-refractivity contribution in [1.82, 2.24) is 4.98 Å². The Hall–Kier alpha value is -1.99. The van der Waals surface area contributed by atoms with Crippen LogP contribution in [-0.4, -0.2) is 11.0 Å². The van der Waals surface area contributed by atoms with E-state index in [2.05, 4.69) is 23.3 Å². The summed E-state index contributed by atoms with van der Waals surface area (Å²) in [5.74, 6) is 1.58. The first kappa shape index (κ1) is 13.4. The van der Waals surface area contributed by atoms with Gasteiger partial charge >= 0.3 is 0 Å². The Labute approximate surface area is 117 Å². The molecule has 1 atom stereocenters. The lowest BCUT2D eigenvalue weighted by Gasteiger charge is -2.14. The van der Waals surface area contributed by atoms with E-state index in [1.807, 2.05) is 12.1 Å². The van der Waals surface area contributed by atoms with Gasteiger partial charge in [-0.25, -0.2) is 4.98 Å². The Kier molecular flexibility index (Phi) is 4.43. The number of furan rings is 1. The largest absolute Gasteiger partial charge is 0.469 e. The minimum atomic E-state index is 0.211. The van der Waals surface area contributed by atoms with Crippen molar-refractivity contribution in [3.8, 4) is 6.07 Å². The predicted octanol–water partition coefficient (Wildman–Crippen LogP) is 3.63. The highest BCUT2D eigenvalue weighted by Crippen LogP contribution is 2.16. The first-order chi connectivity index (χ1) is 9.17. The minimum Gasteiger partial charge on any atom is -0.469 e. The minimum absolute atomic E-state index is 0.211. The second-order valence-corrected chi connectivity index (χ2v) is 4.73. The van der Waals surface area contributed by atoms with Crippen molar-refractivity contribution in [2.24, 2.45) is 0 Å². The number of nitrogens with one attached hydrogen (secondary N) is 1. The fourth-order valence-electron chi connectivity index (χ4n) is 1.77. The van der Waals surface area contributed by atoms with Crippen LogP contribution in [0, 0.1) is 11.3 Å². The van der Waals surface area contributed by atoms with Gasteiger partial charge in [-0.1, -0.05) is 11.6 Å². The van der Waals surface area contributed by atoms with Crippen LogP contribution in [-0.2, 0) is 6.42 Å². The second kappa shape index (κ2) is 6.26. The number of aryl methyl sites for hydroxylation is 1. The third-order valence-electron chi connectivity index (χ3n) is 2.72. The molecule has 2 heterocycles.